The fourth-order valence-electron chi connectivity index (χ4n) is 2.89. The topological polar surface area (TPSA) is 55.1 Å². The van der Waals surface area contributed by atoms with Crippen LogP contribution in [0, 0.1) is 5.92 Å². The van der Waals surface area contributed by atoms with Gasteiger partial charge in [0.05, 0.1) is 16.6 Å². The Morgan fingerprint density at radius 2 is 2.26 bits per heavy atom. The number of hydrogen-bond acceptors (Lipinski definition) is 2. The van der Waals surface area contributed by atoms with Gasteiger partial charge in [0.25, 0.3) is 0 Å². The Bertz CT molecular complexity index is 645. The monoisotopic (exact) mass is 258 g/mol. The van der Waals surface area contributed by atoms with Gasteiger partial charge in [-0.15, -0.1) is 0 Å². The van der Waals surface area contributed by atoms with Gasteiger partial charge >= 0.3 is 5.97 Å². The molecule has 1 aliphatic rings. The third-order valence-electron chi connectivity index (χ3n) is 4.07. The van der Waals surface area contributed by atoms with Crippen molar-refractivity contribution in [3.8, 4) is 0 Å². The summed E-state index contributed by atoms with van der Waals surface area (Å²) in [6.45, 7) is 4.32. The van der Waals surface area contributed by atoms with E-state index < -0.39 is 5.97 Å². The van der Waals surface area contributed by atoms with Crippen LogP contribution in [0.1, 0.15) is 48.9 Å². The summed E-state index contributed by atoms with van der Waals surface area (Å²) >= 11 is 0. The predicted molar refractivity (Wildman–Crippen MR) is 73.5 cm³/mol. The molecule has 1 heterocycles. The smallest absolute Gasteiger partial charge is 0.335 e. The van der Waals surface area contributed by atoms with Gasteiger partial charge in [0, 0.05) is 12.5 Å². The zero-order valence-corrected chi connectivity index (χ0v) is 11.3. The first kappa shape index (κ1) is 12.2. The average molecular weight is 258 g/mol. The summed E-state index contributed by atoms with van der Waals surface area (Å²) < 4.78 is 2.31. The minimum Gasteiger partial charge on any atom is -0.478 e. The third-order valence-corrected chi connectivity index (χ3v) is 4.07. The number of aryl methyl sites for hydroxylation is 1. The van der Waals surface area contributed by atoms with Crippen molar-refractivity contribution in [2.45, 2.75) is 39.2 Å². The molecule has 2 aromatic rings. The Hall–Kier alpha value is -1.84. The SMILES string of the molecule is CCc1nc2cc(C(=O)O)ccc2n1C1CC1CC. The van der Waals surface area contributed by atoms with E-state index in [-0.39, 0.29) is 0 Å². The van der Waals surface area contributed by atoms with E-state index in [0.29, 0.717) is 11.6 Å². The molecule has 4 nitrogen and oxygen atoms in total. The van der Waals surface area contributed by atoms with Gasteiger partial charge in [0.2, 0.25) is 0 Å². The van der Waals surface area contributed by atoms with Crippen molar-refractivity contribution >= 4 is 17.0 Å². The van der Waals surface area contributed by atoms with Crippen molar-refractivity contribution in [3.63, 3.8) is 0 Å². The third kappa shape index (κ3) is 1.91. The summed E-state index contributed by atoms with van der Waals surface area (Å²) in [5, 5.41) is 9.04. The number of rotatable bonds is 4. The van der Waals surface area contributed by atoms with Gasteiger partial charge in [-0.25, -0.2) is 9.78 Å². The Balaban J connectivity index is 2.12. The number of carboxylic acid groups (broad SMARTS) is 1. The van der Waals surface area contributed by atoms with Gasteiger partial charge in [0.15, 0.2) is 0 Å². The van der Waals surface area contributed by atoms with Gasteiger partial charge in [-0.3, -0.25) is 0 Å². The Morgan fingerprint density at radius 3 is 2.84 bits per heavy atom. The van der Waals surface area contributed by atoms with Gasteiger partial charge in [-0.1, -0.05) is 20.3 Å². The lowest BCUT2D eigenvalue weighted by Crippen LogP contribution is -2.02. The molecule has 1 aromatic carbocycles. The number of aromatic nitrogens is 2. The van der Waals surface area contributed by atoms with Gasteiger partial charge in [-0.05, 0) is 30.5 Å². The van der Waals surface area contributed by atoms with E-state index in [9.17, 15) is 4.79 Å². The molecule has 0 radical (unpaired) electrons. The number of fused-ring (bicyclic) bond motifs is 1. The van der Waals surface area contributed by atoms with Crippen molar-refractivity contribution in [1.29, 1.82) is 0 Å². The highest BCUT2D eigenvalue weighted by Gasteiger charge is 2.38. The van der Waals surface area contributed by atoms with E-state index in [1.807, 2.05) is 6.07 Å². The fourth-order valence-corrected chi connectivity index (χ4v) is 2.89. The van der Waals surface area contributed by atoms with E-state index in [1.54, 1.807) is 12.1 Å². The summed E-state index contributed by atoms with van der Waals surface area (Å²) in [5.41, 5.74) is 2.18. The molecule has 0 bridgehead atoms. The largest absolute Gasteiger partial charge is 0.478 e. The normalized spacial score (nSPS) is 21.8. The molecule has 4 heteroatoms. The molecule has 2 unspecified atom stereocenters. The van der Waals surface area contributed by atoms with Crippen LogP contribution in [0.15, 0.2) is 18.2 Å². The van der Waals surface area contributed by atoms with Crippen LogP contribution < -0.4 is 0 Å². The summed E-state index contributed by atoms with van der Waals surface area (Å²) in [6, 6.07) is 5.80. The molecule has 0 saturated heterocycles. The summed E-state index contributed by atoms with van der Waals surface area (Å²) in [5.74, 6) is 0.924. The molecule has 19 heavy (non-hydrogen) atoms. The minimum absolute atomic E-state index is 0.308. The lowest BCUT2D eigenvalue weighted by molar-refractivity contribution is 0.0697. The first-order valence-corrected chi connectivity index (χ1v) is 6.89. The lowest BCUT2D eigenvalue weighted by atomic mass is 10.2. The second kappa shape index (κ2) is 4.37. The highest BCUT2D eigenvalue weighted by molar-refractivity contribution is 5.92. The maximum Gasteiger partial charge on any atom is 0.335 e. The highest BCUT2D eigenvalue weighted by Crippen LogP contribution is 2.47. The zero-order valence-electron chi connectivity index (χ0n) is 11.3. The minimum atomic E-state index is -0.896. The van der Waals surface area contributed by atoms with Crippen molar-refractivity contribution in [2.24, 2.45) is 5.92 Å². The van der Waals surface area contributed by atoms with E-state index in [0.717, 1.165) is 29.2 Å². The number of benzene rings is 1. The van der Waals surface area contributed by atoms with Crippen LogP contribution in [-0.4, -0.2) is 20.6 Å². The molecule has 1 saturated carbocycles. The zero-order chi connectivity index (χ0) is 13.6. The van der Waals surface area contributed by atoms with Crippen molar-refractivity contribution in [2.75, 3.05) is 0 Å². The molecule has 1 N–H and O–H groups in total. The molecule has 3 rings (SSSR count). The molecule has 1 aromatic heterocycles. The molecular formula is C15H18N2O2. The lowest BCUT2D eigenvalue weighted by Gasteiger charge is -2.07. The Labute approximate surface area is 112 Å². The van der Waals surface area contributed by atoms with Crippen LogP contribution >= 0.6 is 0 Å². The predicted octanol–water partition coefficient (Wildman–Crippen LogP) is 3.27. The number of hydrogen-bond donors (Lipinski definition) is 1. The number of carboxylic acids is 1. The Kier molecular flexibility index (Phi) is 2.81. The highest BCUT2D eigenvalue weighted by atomic mass is 16.4. The number of carbonyl (C=O) groups is 1. The number of nitrogens with zero attached hydrogens (tertiary/aromatic N) is 2. The molecule has 0 spiro atoms. The maximum absolute atomic E-state index is 11.0. The average Bonchev–Trinajstić information content (AvgIpc) is 3.09. The first-order valence-electron chi connectivity index (χ1n) is 6.89. The molecule has 0 amide bonds. The van der Waals surface area contributed by atoms with E-state index >= 15 is 0 Å². The van der Waals surface area contributed by atoms with Crippen LogP contribution in [0.25, 0.3) is 11.0 Å². The molecule has 1 aliphatic carbocycles. The van der Waals surface area contributed by atoms with Crippen LogP contribution in [0.4, 0.5) is 0 Å². The second-order valence-corrected chi connectivity index (χ2v) is 5.23. The number of imidazole rings is 1. The molecule has 1 fully saturated rings. The molecule has 100 valence electrons. The maximum atomic E-state index is 11.0. The van der Waals surface area contributed by atoms with Crippen LogP contribution in [0.5, 0.6) is 0 Å². The quantitative estimate of drug-likeness (QED) is 0.915. The van der Waals surface area contributed by atoms with E-state index in [2.05, 4.69) is 23.4 Å². The van der Waals surface area contributed by atoms with Crippen molar-refractivity contribution < 1.29 is 9.90 Å². The summed E-state index contributed by atoms with van der Waals surface area (Å²) in [4.78, 5) is 15.6. The van der Waals surface area contributed by atoms with Crippen molar-refractivity contribution in [1.82, 2.24) is 9.55 Å². The fraction of sp³-hybridized carbons (Fsp3) is 0.467. The second-order valence-electron chi connectivity index (χ2n) is 5.23. The van der Waals surface area contributed by atoms with E-state index in [1.165, 1.54) is 12.8 Å². The van der Waals surface area contributed by atoms with Gasteiger partial charge < -0.3 is 9.67 Å². The van der Waals surface area contributed by atoms with Crippen LogP contribution in [0.2, 0.25) is 0 Å². The van der Waals surface area contributed by atoms with Gasteiger partial charge in [-0.2, -0.15) is 0 Å². The van der Waals surface area contributed by atoms with Crippen LogP contribution in [-0.2, 0) is 6.42 Å². The number of aromatic carboxylic acids is 1. The van der Waals surface area contributed by atoms with Crippen LogP contribution in [0.3, 0.4) is 0 Å². The van der Waals surface area contributed by atoms with Crippen molar-refractivity contribution in [3.05, 3.63) is 29.6 Å². The van der Waals surface area contributed by atoms with Gasteiger partial charge in [0.1, 0.15) is 5.82 Å². The molecule has 2 atom stereocenters. The standard InChI is InChI=1S/C15H18N2O2/c1-3-9-8-13(9)17-12-6-5-10(15(18)19)7-11(12)16-14(17)4-2/h5-7,9,13H,3-4,8H2,1-2H3,(H,18,19). The summed E-state index contributed by atoms with van der Waals surface area (Å²) in [6.07, 6.45) is 3.29. The molecule has 0 aliphatic heterocycles. The molecular weight excluding hydrogens is 240 g/mol. The van der Waals surface area contributed by atoms with E-state index in [4.69, 9.17) is 5.11 Å². The first-order chi connectivity index (χ1) is 9.15. The Morgan fingerprint density at radius 1 is 1.47 bits per heavy atom. The summed E-state index contributed by atoms with van der Waals surface area (Å²) in [7, 11) is 0.